The van der Waals surface area contributed by atoms with Gasteiger partial charge >= 0.3 is 6.03 Å². The van der Waals surface area contributed by atoms with Gasteiger partial charge in [0, 0.05) is 24.9 Å². The number of hydrogen-bond donors (Lipinski definition) is 3. The molecule has 1 aliphatic carbocycles. The minimum Gasteiger partial charge on any atom is -0.393 e. The van der Waals surface area contributed by atoms with Crippen LogP contribution in [0.25, 0.3) is 0 Å². The van der Waals surface area contributed by atoms with E-state index >= 15 is 0 Å². The number of nitrogens with one attached hydrogen (secondary N) is 2. The van der Waals surface area contributed by atoms with Gasteiger partial charge in [0.1, 0.15) is 0 Å². The van der Waals surface area contributed by atoms with E-state index in [1.807, 2.05) is 48.5 Å². The highest BCUT2D eigenvalue weighted by Gasteiger charge is 2.23. The topological polar surface area (TPSA) is 74.2 Å². The van der Waals surface area contributed by atoms with Crippen molar-refractivity contribution in [2.24, 2.45) is 5.92 Å². The van der Waals surface area contributed by atoms with E-state index in [9.17, 15) is 9.90 Å². The summed E-state index contributed by atoms with van der Waals surface area (Å²) < 4.78 is 0. The minimum absolute atomic E-state index is 0.134. The van der Waals surface area contributed by atoms with Gasteiger partial charge in [-0.1, -0.05) is 36.4 Å². The first-order valence-corrected chi connectivity index (χ1v) is 8.88. The van der Waals surface area contributed by atoms with Crippen LogP contribution in [0.1, 0.15) is 36.6 Å². The molecule has 25 heavy (non-hydrogen) atoms. The van der Waals surface area contributed by atoms with E-state index in [1.165, 1.54) is 0 Å². The van der Waals surface area contributed by atoms with Crippen molar-refractivity contribution in [1.29, 1.82) is 0 Å². The minimum atomic E-state index is -0.212. The quantitative estimate of drug-likeness (QED) is 0.757. The molecule has 1 aromatic carbocycles. The molecule has 2 amide bonds. The number of aliphatic hydroxyl groups excluding tert-OH is 1. The van der Waals surface area contributed by atoms with E-state index in [2.05, 4.69) is 15.6 Å². The maximum Gasteiger partial charge on any atom is 0.315 e. The summed E-state index contributed by atoms with van der Waals surface area (Å²) in [5, 5.41) is 15.6. The molecule has 132 valence electrons. The normalized spacial score (nSPS) is 20.8. The fourth-order valence-electron chi connectivity index (χ4n) is 3.35. The zero-order chi connectivity index (χ0) is 17.5. The Kier molecular flexibility index (Phi) is 6.01. The lowest BCUT2D eigenvalue weighted by atomic mass is 10.0. The molecule has 1 heterocycles. The van der Waals surface area contributed by atoms with Gasteiger partial charge < -0.3 is 15.7 Å². The van der Waals surface area contributed by atoms with Crippen LogP contribution >= 0.6 is 0 Å². The third kappa shape index (κ3) is 5.29. The molecule has 0 radical (unpaired) electrons. The Morgan fingerprint density at radius 1 is 1.16 bits per heavy atom. The van der Waals surface area contributed by atoms with Gasteiger partial charge in [-0.05, 0) is 42.9 Å². The SMILES string of the molecule is O=C(NC[C@@H]1CC[C@@H](O)C1)N[C@@H](Cc1ccccn1)c1ccccc1. The van der Waals surface area contributed by atoms with Crippen LogP contribution in [0.15, 0.2) is 54.7 Å². The van der Waals surface area contributed by atoms with Gasteiger partial charge in [0.25, 0.3) is 0 Å². The maximum absolute atomic E-state index is 12.4. The Bertz CT molecular complexity index is 663. The largest absolute Gasteiger partial charge is 0.393 e. The Morgan fingerprint density at radius 3 is 2.64 bits per heavy atom. The standard InChI is InChI=1S/C20H25N3O2/c24-18-10-9-15(12-18)14-22-20(25)23-19(16-6-2-1-3-7-16)13-17-8-4-5-11-21-17/h1-8,11,15,18-19,24H,9-10,12-14H2,(H2,22,23,25)/t15-,18-,19+/m1/s1. The average molecular weight is 339 g/mol. The van der Waals surface area contributed by atoms with Crippen molar-refractivity contribution in [2.45, 2.75) is 37.8 Å². The molecule has 3 N–H and O–H groups in total. The summed E-state index contributed by atoms with van der Waals surface area (Å²) in [6, 6.07) is 15.4. The van der Waals surface area contributed by atoms with Crippen molar-refractivity contribution < 1.29 is 9.90 Å². The zero-order valence-corrected chi connectivity index (χ0v) is 14.3. The number of hydrogen-bond acceptors (Lipinski definition) is 3. The molecule has 0 bridgehead atoms. The van der Waals surface area contributed by atoms with Gasteiger partial charge in [-0.25, -0.2) is 4.79 Å². The van der Waals surface area contributed by atoms with Crippen molar-refractivity contribution in [3.05, 3.63) is 66.0 Å². The van der Waals surface area contributed by atoms with E-state index in [-0.39, 0.29) is 18.2 Å². The molecule has 3 atom stereocenters. The van der Waals surface area contributed by atoms with Gasteiger partial charge in [-0.15, -0.1) is 0 Å². The molecule has 0 unspecified atom stereocenters. The summed E-state index contributed by atoms with van der Waals surface area (Å²) in [7, 11) is 0. The Balaban J connectivity index is 1.60. The number of pyridine rings is 1. The third-order valence-electron chi connectivity index (χ3n) is 4.71. The molecule has 1 saturated carbocycles. The summed E-state index contributed by atoms with van der Waals surface area (Å²) in [5.41, 5.74) is 2.00. The van der Waals surface area contributed by atoms with Crippen molar-refractivity contribution >= 4 is 6.03 Å². The molecule has 0 spiro atoms. The van der Waals surface area contributed by atoms with Crippen molar-refractivity contribution in [2.75, 3.05) is 6.54 Å². The summed E-state index contributed by atoms with van der Waals surface area (Å²) >= 11 is 0. The molecule has 2 aromatic rings. The molecule has 3 rings (SSSR count). The van der Waals surface area contributed by atoms with Crippen LogP contribution in [0.3, 0.4) is 0 Å². The van der Waals surface area contributed by atoms with Gasteiger partial charge in [0.15, 0.2) is 0 Å². The monoisotopic (exact) mass is 339 g/mol. The first-order valence-electron chi connectivity index (χ1n) is 8.88. The second kappa shape index (κ2) is 8.62. The fraction of sp³-hybridized carbons (Fsp3) is 0.400. The number of carbonyl (C=O) groups excluding carboxylic acids is 1. The van der Waals surface area contributed by atoms with Crippen LogP contribution in [0.5, 0.6) is 0 Å². The number of benzene rings is 1. The molecular weight excluding hydrogens is 314 g/mol. The molecule has 5 heteroatoms. The van der Waals surface area contributed by atoms with E-state index in [1.54, 1.807) is 6.20 Å². The lowest BCUT2D eigenvalue weighted by Gasteiger charge is -2.20. The number of carbonyl (C=O) groups is 1. The van der Waals surface area contributed by atoms with Crippen LogP contribution in [0.2, 0.25) is 0 Å². The predicted molar refractivity (Wildman–Crippen MR) is 97.0 cm³/mol. The fourth-order valence-corrected chi connectivity index (χ4v) is 3.35. The number of amides is 2. The van der Waals surface area contributed by atoms with Crippen LogP contribution < -0.4 is 10.6 Å². The molecule has 0 aliphatic heterocycles. The van der Waals surface area contributed by atoms with Crippen molar-refractivity contribution in [3.8, 4) is 0 Å². The smallest absolute Gasteiger partial charge is 0.315 e. The summed E-state index contributed by atoms with van der Waals surface area (Å²) in [4.78, 5) is 16.7. The number of urea groups is 1. The first-order chi connectivity index (χ1) is 12.2. The Morgan fingerprint density at radius 2 is 1.96 bits per heavy atom. The second-order valence-corrected chi connectivity index (χ2v) is 6.68. The molecule has 1 fully saturated rings. The Labute approximate surface area is 148 Å². The van der Waals surface area contributed by atoms with Gasteiger partial charge in [-0.2, -0.15) is 0 Å². The van der Waals surface area contributed by atoms with Gasteiger partial charge in [0.2, 0.25) is 0 Å². The van der Waals surface area contributed by atoms with Crippen LogP contribution in [-0.4, -0.2) is 28.8 Å². The maximum atomic E-state index is 12.4. The van der Waals surface area contributed by atoms with Crippen LogP contribution in [-0.2, 0) is 6.42 Å². The molecule has 1 aliphatic rings. The van der Waals surface area contributed by atoms with E-state index in [4.69, 9.17) is 0 Å². The van der Waals surface area contributed by atoms with Crippen molar-refractivity contribution in [1.82, 2.24) is 15.6 Å². The number of aliphatic hydroxyl groups is 1. The van der Waals surface area contributed by atoms with Crippen LogP contribution in [0, 0.1) is 5.92 Å². The highest BCUT2D eigenvalue weighted by Crippen LogP contribution is 2.24. The van der Waals surface area contributed by atoms with Gasteiger partial charge in [-0.3, -0.25) is 4.98 Å². The second-order valence-electron chi connectivity index (χ2n) is 6.68. The number of rotatable bonds is 6. The summed E-state index contributed by atoms with van der Waals surface area (Å²) in [5.74, 6) is 0.367. The van der Waals surface area contributed by atoms with E-state index < -0.39 is 0 Å². The molecule has 0 saturated heterocycles. The van der Waals surface area contributed by atoms with E-state index in [0.29, 0.717) is 18.9 Å². The first kappa shape index (κ1) is 17.4. The lowest BCUT2D eigenvalue weighted by Crippen LogP contribution is -2.40. The number of nitrogens with zero attached hydrogens (tertiary/aromatic N) is 1. The average Bonchev–Trinajstić information content (AvgIpc) is 3.06. The molecule has 5 nitrogen and oxygen atoms in total. The Hall–Kier alpha value is -2.40. The summed E-state index contributed by atoms with van der Waals surface area (Å²) in [6.45, 7) is 0.605. The lowest BCUT2D eigenvalue weighted by molar-refractivity contribution is 0.177. The van der Waals surface area contributed by atoms with Crippen molar-refractivity contribution in [3.63, 3.8) is 0 Å². The highest BCUT2D eigenvalue weighted by atomic mass is 16.3. The predicted octanol–water partition coefficient (Wildman–Crippen LogP) is 2.83. The highest BCUT2D eigenvalue weighted by molar-refractivity contribution is 5.74. The molecule has 1 aromatic heterocycles. The molecular formula is C20H25N3O2. The van der Waals surface area contributed by atoms with E-state index in [0.717, 1.165) is 30.5 Å². The number of aromatic nitrogens is 1. The van der Waals surface area contributed by atoms with Crippen LogP contribution in [0.4, 0.5) is 4.79 Å². The third-order valence-corrected chi connectivity index (χ3v) is 4.71. The zero-order valence-electron chi connectivity index (χ0n) is 14.3. The summed E-state index contributed by atoms with van der Waals surface area (Å²) in [6.07, 6.45) is 4.77. The van der Waals surface area contributed by atoms with Gasteiger partial charge in [0.05, 0.1) is 12.1 Å².